The van der Waals surface area contributed by atoms with E-state index in [2.05, 4.69) is 5.32 Å². The molecule has 1 aromatic carbocycles. The molecule has 1 N–H and O–H groups in total. The monoisotopic (exact) mass is 447 g/mol. The van der Waals surface area contributed by atoms with Gasteiger partial charge >= 0.3 is 12.1 Å². The molecule has 0 unspecified atom stereocenters. The molecule has 0 saturated carbocycles. The number of hydrogen-bond donors (Lipinski definition) is 1. The van der Waals surface area contributed by atoms with Crippen LogP contribution in [0.5, 0.6) is 5.75 Å². The van der Waals surface area contributed by atoms with Crippen molar-refractivity contribution in [3.63, 3.8) is 0 Å². The summed E-state index contributed by atoms with van der Waals surface area (Å²) in [6.07, 6.45) is 3.44. The van der Waals surface area contributed by atoms with E-state index in [0.717, 1.165) is 37.9 Å². The van der Waals surface area contributed by atoms with E-state index >= 15 is 0 Å². The van der Waals surface area contributed by atoms with Crippen LogP contribution in [0.25, 0.3) is 0 Å². The van der Waals surface area contributed by atoms with Crippen molar-refractivity contribution in [2.24, 2.45) is 0 Å². The summed E-state index contributed by atoms with van der Waals surface area (Å²) in [5, 5.41) is 3.00. The zero-order chi connectivity index (χ0) is 23.3. The van der Waals surface area contributed by atoms with Crippen LogP contribution in [0.3, 0.4) is 0 Å². The van der Waals surface area contributed by atoms with Crippen LogP contribution in [0, 0.1) is 6.92 Å². The number of aryl methyl sites for hydroxylation is 1. The molecule has 8 heteroatoms. The standard InChI is InChI=1S/C24H37N3O5/c1-17-10-11-20(21(14-17)31-16-19-9-7-13-30-19)25-22(28)27-12-6-8-18(15-27)26(5)23(29)32-24(2,3)4/h10-11,14,18-19H,6-9,12-13,15-16H2,1-5H3,(H,25,28)/t18-,19-/m1/s1. The van der Waals surface area contributed by atoms with Gasteiger partial charge in [0.05, 0.1) is 17.8 Å². The molecule has 8 nitrogen and oxygen atoms in total. The van der Waals surface area contributed by atoms with E-state index in [9.17, 15) is 9.59 Å². The third-order valence-corrected chi connectivity index (χ3v) is 5.74. The first-order valence-corrected chi connectivity index (χ1v) is 11.5. The molecule has 0 aliphatic carbocycles. The van der Waals surface area contributed by atoms with E-state index in [4.69, 9.17) is 14.2 Å². The number of likely N-dealkylation sites (tertiary alicyclic amines) is 1. The molecule has 178 valence electrons. The number of carbonyl (C=O) groups excluding carboxylic acids is 2. The largest absolute Gasteiger partial charge is 0.489 e. The minimum atomic E-state index is -0.553. The van der Waals surface area contributed by atoms with Crippen LogP contribution in [0.4, 0.5) is 15.3 Å². The van der Waals surface area contributed by atoms with Gasteiger partial charge in [0, 0.05) is 26.7 Å². The number of amides is 3. The lowest BCUT2D eigenvalue weighted by molar-refractivity contribution is 0.0158. The number of anilines is 1. The quantitative estimate of drug-likeness (QED) is 0.723. The van der Waals surface area contributed by atoms with Crippen molar-refractivity contribution >= 4 is 17.8 Å². The van der Waals surface area contributed by atoms with Gasteiger partial charge in [0.25, 0.3) is 0 Å². The van der Waals surface area contributed by atoms with E-state index in [0.29, 0.717) is 31.1 Å². The molecular weight excluding hydrogens is 410 g/mol. The molecular formula is C24H37N3O5. The molecule has 0 spiro atoms. The summed E-state index contributed by atoms with van der Waals surface area (Å²) >= 11 is 0. The Hall–Kier alpha value is -2.48. The number of hydrogen-bond acceptors (Lipinski definition) is 5. The topological polar surface area (TPSA) is 80.3 Å². The van der Waals surface area contributed by atoms with Gasteiger partial charge in [-0.15, -0.1) is 0 Å². The van der Waals surface area contributed by atoms with Crippen LogP contribution < -0.4 is 10.1 Å². The number of piperidine rings is 1. The van der Waals surface area contributed by atoms with Crippen molar-refractivity contribution in [1.29, 1.82) is 0 Å². The van der Waals surface area contributed by atoms with Gasteiger partial charge in [0.1, 0.15) is 18.0 Å². The van der Waals surface area contributed by atoms with Crippen LogP contribution in [0.2, 0.25) is 0 Å². The van der Waals surface area contributed by atoms with Crippen molar-refractivity contribution in [3.8, 4) is 5.75 Å². The highest BCUT2D eigenvalue weighted by molar-refractivity contribution is 5.91. The van der Waals surface area contributed by atoms with Crippen LogP contribution in [-0.4, -0.2) is 73.0 Å². The lowest BCUT2D eigenvalue weighted by atomic mass is 10.1. The average Bonchev–Trinajstić information content (AvgIpc) is 3.25. The fourth-order valence-corrected chi connectivity index (χ4v) is 3.94. The Morgan fingerprint density at radius 3 is 2.72 bits per heavy atom. The van der Waals surface area contributed by atoms with Gasteiger partial charge in [-0.25, -0.2) is 9.59 Å². The van der Waals surface area contributed by atoms with E-state index < -0.39 is 5.60 Å². The highest BCUT2D eigenvalue weighted by Gasteiger charge is 2.31. The van der Waals surface area contributed by atoms with Gasteiger partial charge in [-0.05, 0) is 71.1 Å². The van der Waals surface area contributed by atoms with Gasteiger partial charge in [0.2, 0.25) is 0 Å². The second-order valence-corrected chi connectivity index (χ2v) is 9.71. The Balaban J connectivity index is 1.60. The number of rotatable bonds is 5. The third kappa shape index (κ3) is 6.76. The maximum Gasteiger partial charge on any atom is 0.410 e. The fourth-order valence-electron chi connectivity index (χ4n) is 3.94. The SMILES string of the molecule is Cc1ccc(NC(=O)N2CCC[C@@H](N(C)C(=O)OC(C)(C)C)C2)c(OC[C@H]2CCCO2)c1. The first kappa shape index (κ1) is 24.2. The summed E-state index contributed by atoms with van der Waals surface area (Å²) in [4.78, 5) is 28.8. The molecule has 2 atom stereocenters. The smallest absolute Gasteiger partial charge is 0.410 e. The highest BCUT2D eigenvalue weighted by Crippen LogP contribution is 2.28. The number of ether oxygens (including phenoxy) is 3. The van der Waals surface area contributed by atoms with E-state index in [-0.39, 0.29) is 24.3 Å². The Kier molecular flexibility index (Phi) is 7.87. The molecule has 1 aromatic rings. The Labute approximate surface area is 191 Å². The van der Waals surface area contributed by atoms with Crippen LogP contribution in [0.1, 0.15) is 52.0 Å². The van der Waals surface area contributed by atoms with Crippen molar-refractivity contribution in [2.45, 2.75) is 71.1 Å². The predicted molar refractivity (Wildman–Crippen MR) is 123 cm³/mol. The first-order valence-electron chi connectivity index (χ1n) is 11.5. The second kappa shape index (κ2) is 10.4. The minimum absolute atomic E-state index is 0.0856. The van der Waals surface area contributed by atoms with Crippen molar-refractivity contribution in [3.05, 3.63) is 23.8 Å². The second-order valence-electron chi connectivity index (χ2n) is 9.71. The van der Waals surface area contributed by atoms with Crippen molar-refractivity contribution in [1.82, 2.24) is 9.80 Å². The average molecular weight is 448 g/mol. The maximum absolute atomic E-state index is 13.0. The normalized spacial score (nSPS) is 21.2. The summed E-state index contributed by atoms with van der Waals surface area (Å²) in [7, 11) is 1.73. The number of nitrogens with zero attached hydrogens (tertiary/aromatic N) is 2. The lowest BCUT2D eigenvalue weighted by Crippen LogP contribution is -2.52. The van der Waals surface area contributed by atoms with Gasteiger partial charge in [-0.1, -0.05) is 6.07 Å². The van der Waals surface area contributed by atoms with Gasteiger partial charge < -0.3 is 29.3 Å². The van der Waals surface area contributed by atoms with Gasteiger partial charge in [0.15, 0.2) is 0 Å². The molecule has 3 rings (SSSR count). The molecule has 2 aliphatic rings. The summed E-state index contributed by atoms with van der Waals surface area (Å²) in [5.41, 5.74) is 1.14. The Morgan fingerprint density at radius 1 is 1.25 bits per heavy atom. The molecule has 0 radical (unpaired) electrons. The maximum atomic E-state index is 13.0. The molecule has 2 heterocycles. The molecule has 32 heavy (non-hydrogen) atoms. The Bertz CT molecular complexity index is 801. The minimum Gasteiger partial charge on any atom is -0.489 e. The summed E-state index contributed by atoms with van der Waals surface area (Å²) in [5.74, 6) is 0.647. The fraction of sp³-hybridized carbons (Fsp3) is 0.667. The number of carbonyl (C=O) groups is 2. The molecule has 3 amide bonds. The Morgan fingerprint density at radius 2 is 2.03 bits per heavy atom. The molecule has 0 bridgehead atoms. The van der Waals surface area contributed by atoms with Crippen LogP contribution in [-0.2, 0) is 9.47 Å². The van der Waals surface area contributed by atoms with Crippen molar-refractivity contribution in [2.75, 3.05) is 38.7 Å². The van der Waals surface area contributed by atoms with Crippen molar-refractivity contribution < 1.29 is 23.8 Å². The summed E-state index contributed by atoms with van der Waals surface area (Å²) in [6.45, 7) is 9.88. The number of nitrogens with one attached hydrogen (secondary N) is 1. The third-order valence-electron chi connectivity index (χ3n) is 5.74. The zero-order valence-electron chi connectivity index (χ0n) is 20.0. The zero-order valence-corrected chi connectivity index (χ0v) is 20.0. The number of benzene rings is 1. The number of likely N-dealkylation sites (N-methyl/N-ethyl adjacent to an activating group) is 1. The number of urea groups is 1. The molecule has 2 aliphatic heterocycles. The summed E-state index contributed by atoms with van der Waals surface area (Å²) in [6, 6.07) is 5.46. The highest BCUT2D eigenvalue weighted by atomic mass is 16.6. The predicted octanol–water partition coefficient (Wildman–Crippen LogP) is 4.42. The van der Waals surface area contributed by atoms with Crippen LogP contribution >= 0.6 is 0 Å². The van der Waals surface area contributed by atoms with E-state index in [1.54, 1.807) is 16.8 Å². The first-order chi connectivity index (χ1) is 15.1. The lowest BCUT2D eigenvalue weighted by Gasteiger charge is -2.38. The van der Waals surface area contributed by atoms with Gasteiger partial charge in [-0.3, -0.25) is 0 Å². The van der Waals surface area contributed by atoms with Crippen LogP contribution in [0.15, 0.2) is 18.2 Å². The molecule has 2 saturated heterocycles. The van der Waals surface area contributed by atoms with E-state index in [1.807, 2.05) is 45.9 Å². The molecule has 2 fully saturated rings. The van der Waals surface area contributed by atoms with E-state index in [1.165, 1.54) is 0 Å². The van der Waals surface area contributed by atoms with Gasteiger partial charge in [-0.2, -0.15) is 0 Å². The summed E-state index contributed by atoms with van der Waals surface area (Å²) < 4.78 is 17.1. The molecule has 0 aromatic heterocycles.